The minimum absolute atomic E-state index is 0.577. The summed E-state index contributed by atoms with van der Waals surface area (Å²) >= 11 is 3.44. The molecule has 1 aromatic heterocycles. The Labute approximate surface area is 127 Å². The van der Waals surface area contributed by atoms with Gasteiger partial charge in [0.1, 0.15) is 18.0 Å². The lowest BCUT2D eigenvalue weighted by atomic mass is 10.2. The maximum Gasteiger partial charge on any atom is 0.134 e. The third-order valence-corrected chi connectivity index (χ3v) is 3.36. The fourth-order valence-corrected chi connectivity index (χ4v) is 2.06. The number of rotatable bonds is 6. The Morgan fingerprint density at radius 2 is 2.00 bits per heavy atom. The lowest BCUT2D eigenvalue weighted by molar-refractivity contribution is 0.889. The van der Waals surface area contributed by atoms with Gasteiger partial charge in [0, 0.05) is 37.2 Å². The largest absolute Gasteiger partial charge is 0.369 e. The first-order chi connectivity index (χ1) is 9.69. The number of nitrogens with two attached hydrogens (primary N) is 1. The predicted molar refractivity (Wildman–Crippen MR) is 85.8 cm³/mol. The maximum absolute atomic E-state index is 5.47. The Kier molecular flexibility index (Phi) is 5.31. The van der Waals surface area contributed by atoms with Gasteiger partial charge in [-0.15, -0.1) is 0 Å². The third kappa shape index (κ3) is 4.18. The van der Waals surface area contributed by atoms with E-state index in [1.54, 1.807) is 6.33 Å². The van der Waals surface area contributed by atoms with Crippen LogP contribution in [0.25, 0.3) is 0 Å². The van der Waals surface area contributed by atoms with Crippen molar-refractivity contribution in [3.63, 3.8) is 0 Å². The molecule has 0 atom stereocenters. The minimum Gasteiger partial charge on any atom is -0.369 e. The van der Waals surface area contributed by atoms with Crippen LogP contribution in [0.3, 0.4) is 0 Å². The van der Waals surface area contributed by atoms with Crippen LogP contribution in [-0.2, 0) is 6.54 Å². The predicted octanol–water partition coefficient (Wildman–Crippen LogP) is 2.25. The van der Waals surface area contributed by atoms with Gasteiger partial charge < -0.3 is 16.0 Å². The zero-order chi connectivity index (χ0) is 14.4. The number of aromatic nitrogens is 2. The molecule has 5 nitrogen and oxygen atoms in total. The molecule has 0 amide bonds. The molecule has 2 aromatic rings. The molecule has 0 aliphatic rings. The lowest BCUT2D eigenvalue weighted by Gasteiger charge is -2.18. The van der Waals surface area contributed by atoms with Crippen LogP contribution in [0.5, 0.6) is 0 Å². The molecule has 1 aromatic carbocycles. The standard InChI is InChI=1S/C14H18BrN5/c1-20(9-11-2-4-12(15)5-3-11)14-8-13(17-7-6-16)18-10-19-14/h2-5,8,10H,6-7,9,16H2,1H3,(H,17,18,19). The van der Waals surface area contributed by atoms with E-state index in [-0.39, 0.29) is 0 Å². The van der Waals surface area contributed by atoms with Gasteiger partial charge in [0.15, 0.2) is 0 Å². The number of halogens is 1. The van der Waals surface area contributed by atoms with Crippen LogP contribution in [-0.4, -0.2) is 30.1 Å². The second kappa shape index (κ2) is 7.21. The molecule has 0 unspecified atom stereocenters. The summed E-state index contributed by atoms with van der Waals surface area (Å²) in [6.07, 6.45) is 1.56. The maximum atomic E-state index is 5.47. The molecular weight excluding hydrogens is 318 g/mol. The van der Waals surface area contributed by atoms with Crippen LogP contribution in [0.1, 0.15) is 5.56 Å². The molecule has 3 N–H and O–H groups in total. The molecule has 20 heavy (non-hydrogen) atoms. The second-order valence-electron chi connectivity index (χ2n) is 4.46. The summed E-state index contributed by atoms with van der Waals surface area (Å²) in [7, 11) is 2.01. The number of nitrogens with one attached hydrogen (secondary N) is 1. The molecule has 106 valence electrons. The minimum atomic E-state index is 0.577. The van der Waals surface area contributed by atoms with Gasteiger partial charge in [0.25, 0.3) is 0 Å². The van der Waals surface area contributed by atoms with Gasteiger partial charge in [-0.25, -0.2) is 9.97 Å². The van der Waals surface area contributed by atoms with Crippen molar-refractivity contribution in [1.29, 1.82) is 0 Å². The van der Waals surface area contributed by atoms with E-state index in [9.17, 15) is 0 Å². The van der Waals surface area contributed by atoms with E-state index >= 15 is 0 Å². The van der Waals surface area contributed by atoms with Crippen LogP contribution < -0.4 is 16.0 Å². The van der Waals surface area contributed by atoms with Crippen LogP contribution in [0.2, 0.25) is 0 Å². The van der Waals surface area contributed by atoms with Crippen molar-refractivity contribution in [1.82, 2.24) is 9.97 Å². The van der Waals surface area contributed by atoms with Gasteiger partial charge in [-0.2, -0.15) is 0 Å². The fourth-order valence-electron chi connectivity index (χ4n) is 1.80. The second-order valence-corrected chi connectivity index (χ2v) is 5.38. The average molecular weight is 336 g/mol. The molecule has 1 heterocycles. The monoisotopic (exact) mass is 335 g/mol. The molecule has 0 spiro atoms. The van der Waals surface area contributed by atoms with Gasteiger partial charge in [-0.1, -0.05) is 28.1 Å². The molecular formula is C14H18BrN5. The first-order valence-electron chi connectivity index (χ1n) is 6.40. The van der Waals surface area contributed by atoms with E-state index in [4.69, 9.17) is 5.73 Å². The zero-order valence-electron chi connectivity index (χ0n) is 11.4. The van der Waals surface area contributed by atoms with Crippen molar-refractivity contribution < 1.29 is 0 Å². The number of hydrogen-bond donors (Lipinski definition) is 2. The smallest absolute Gasteiger partial charge is 0.134 e. The van der Waals surface area contributed by atoms with Gasteiger partial charge in [0.05, 0.1) is 0 Å². The normalized spacial score (nSPS) is 10.3. The van der Waals surface area contributed by atoms with Crippen molar-refractivity contribution in [2.75, 3.05) is 30.4 Å². The van der Waals surface area contributed by atoms with Gasteiger partial charge in [-0.3, -0.25) is 0 Å². The summed E-state index contributed by atoms with van der Waals surface area (Å²) in [5.74, 6) is 1.67. The van der Waals surface area contributed by atoms with Crippen LogP contribution in [0.15, 0.2) is 41.1 Å². The summed E-state index contributed by atoms with van der Waals surface area (Å²) in [5.41, 5.74) is 6.70. The molecule has 0 saturated carbocycles. The SMILES string of the molecule is CN(Cc1ccc(Br)cc1)c1cc(NCCN)ncn1. The molecule has 0 aliphatic carbocycles. The van der Waals surface area contributed by atoms with Crippen molar-refractivity contribution in [3.05, 3.63) is 46.7 Å². The van der Waals surface area contributed by atoms with E-state index in [0.717, 1.165) is 22.7 Å². The van der Waals surface area contributed by atoms with Gasteiger partial charge >= 0.3 is 0 Å². The summed E-state index contributed by atoms with van der Waals surface area (Å²) in [6.45, 7) is 2.07. The van der Waals surface area contributed by atoms with Crippen LogP contribution in [0, 0.1) is 0 Å². The van der Waals surface area contributed by atoms with E-state index in [0.29, 0.717) is 13.1 Å². The Morgan fingerprint density at radius 1 is 1.25 bits per heavy atom. The average Bonchev–Trinajstić information content (AvgIpc) is 2.48. The zero-order valence-corrected chi connectivity index (χ0v) is 13.0. The number of anilines is 2. The molecule has 0 bridgehead atoms. The lowest BCUT2D eigenvalue weighted by Crippen LogP contribution is -2.19. The highest BCUT2D eigenvalue weighted by Crippen LogP contribution is 2.16. The molecule has 0 aliphatic heterocycles. The summed E-state index contributed by atoms with van der Waals surface area (Å²) in [6, 6.07) is 10.2. The van der Waals surface area contributed by atoms with Crippen molar-refractivity contribution in [2.45, 2.75) is 6.54 Å². The van der Waals surface area contributed by atoms with Gasteiger partial charge in [0.2, 0.25) is 0 Å². The molecule has 0 fully saturated rings. The van der Waals surface area contributed by atoms with E-state index in [2.05, 4.69) is 48.2 Å². The molecule has 0 saturated heterocycles. The molecule has 6 heteroatoms. The third-order valence-electron chi connectivity index (χ3n) is 2.83. The summed E-state index contributed by atoms with van der Waals surface area (Å²) in [5, 5.41) is 3.15. The number of nitrogens with zero attached hydrogens (tertiary/aromatic N) is 3. The van der Waals surface area contributed by atoms with Crippen LogP contribution in [0.4, 0.5) is 11.6 Å². The Morgan fingerprint density at radius 3 is 2.70 bits per heavy atom. The Balaban J connectivity index is 2.04. The topological polar surface area (TPSA) is 67.1 Å². The first kappa shape index (κ1) is 14.7. The fraction of sp³-hybridized carbons (Fsp3) is 0.286. The highest BCUT2D eigenvalue weighted by atomic mass is 79.9. The number of hydrogen-bond acceptors (Lipinski definition) is 5. The van der Waals surface area contributed by atoms with E-state index in [1.807, 2.05) is 25.2 Å². The Hall–Kier alpha value is -1.66. The summed E-state index contributed by atoms with van der Waals surface area (Å²) < 4.78 is 1.08. The first-order valence-corrected chi connectivity index (χ1v) is 7.20. The number of benzene rings is 1. The Bertz CT molecular complexity index is 544. The van der Waals surface area contributed by atoms with Crippen molar-refractivity contribution in [2.24, 2.45) is 5.73 Å². The van der Waals surface area contributed by atoms with E-state index in [1.165, 1.54) is 5.56 Å². The summed E-state index contributed by atoms with van der Waals surface area (Å²) in [4.78, 5) is 10.5. The molecule has 0 radical (unpaired) electrons. The van der Waals surface area contributed by atoms with Crippen molar-refractivity contribution in [3.8, 4) is 0 Å². The van der Waals surface area contributed by atoms with Crippen LogP contribution >= 0.6 is 15.9 Å². The van der Waals surface area contributed by atoms with Crippen molar-refractivity contribution >= 4 is 27.6 Å². The van der Waals surface area contributed by atoms with Gasteiger partial charge in [-0.05, 0) is 17.7 Å². The highest BCUT2D eigenvalue weighted by molar-refractivity contribution is 9.10. The highest BCUT2D eigenvalue weighted by Gasteiger charge is 2.05. The van der Waals surface area contributed by atoms with E-state index < -0.39 is 0 Å². The quantitative estimate of drug-likeness (QED) is 0.847. The molecule has 2 rings (SSSR count).